The summed E-state index contributed by atoms with van der Waals surface area (Å²) in [5.41, 5.74) is -0.935. The molecule has 1 saturated carbocycles. The minimum atomic E-state index is -0.935. The van der Waals surface area contributed by atoms with E-state index < -0.39 is 17.4 Å². The lowest BCUT2D eigenvalue weighted by atomic mass is 10.0. The molecule has 2 rings (SSSR count). The van der Waals surface area contributed by atoms with E-state index in [-0.39, 0.29) is 11.8 Å². The lowest BCUT2D eigenvalue weighted by molar-refractivity contribution is -0.160. The summed E-state index contributed by atoms with van der Waals surface area (Å²) >= 11 is 0. The van der Waals surface area contributed by atoms with Gasteiger partial charge in [-0.1, -0.05) is 6.92 Å². The smallest absolute Gasteiger partial charge is 0.324 e. The van der Waals surface area contributed by atoms with Crippen molar-refractivity contribution < 1.29 is 19.1 Å². The first-order valence-corrected chi connectivity index (χ1v) is 4.50. The highest BCUT2D eigenvalue weighted by molar-refractivity contribution is 6.06. The summed E-state index contributed by atoms with van der Waals surface area (Å²) in [6.45, 7) is 4.31. The normalized spacial score (nSPS) is 40.9. The second-order valence-corrected chi connectivity index (χ2v) is 3.58. The monoisotopic (exact) mass is 184 g/mol. The highest BCUT2D eigenvalue weighted by atomic mass is 16.6. The number of cyclic esters (lactones) is 1. The van der Waals surface area contributed by atoms with Gasteiger partial charge in [0.05, 0.1) is 13.2 Å². The van der Waals surface area contributed by atoms with Crippen molar-refractivity contribution in [2.24, 2.45) is 17.3 Å². The van der Waals surface area contributed by atoms with E-state index in [1.807, 2.05) is 6.92 Å². The van der Waals surface area contributed by atoms with Gasteiger partial charge in [0.1, 0.15) is 0 Å². The van der Waals surface area contributed by atoms with E-state index in [0.717, 1.165) is 0 Å². The molecule has 4 nitrogen and oxygen atoms in total. The molecule has 72 valence electrons. The zero-order chi connectivity index (χ0) is 9.64. The van der Waals surface area contributed by atoms with Gasteiger partial charge in [-0.2, -0.15) is 0 Å². The minimum absolute atomic E-state index is 0.0547. The highest BCUT2D eigenvalue weighted by Crippen LogP contribution is 2.63. The molecule has 0 bridgehead atoms. The average Bonchev–Trinajstić information content (AvgIpc) is 2.50. The van der Waals surface area contributed by atoms with E-state index in [4.69, 9.17) is 9.47 Å². The van der Waals surface area contributed by atoms with E-state index in [1.165, 1.54) is 0 Å². The zero-order valence-electron chi connectivity index (χ0n) is 7.70. The molecule has 0 radical (unpaired) electrons. The topological polar surface area (TPSA) is 52.6 Å². The maximum absolute atomic E-state index is 11.5. The summed E-state index contributed by atoms with van der Waals surface area (Å²) in [4.78, 5) is 22.8. The van der Waals surface area contributed by atoms with Gasteiger partial charge < -0.3 is 9.47 Å². The van der Waals surface area contributed by atoms with Crippen LogP contribution >= 0.6 is 0 Å². The van der Waals surface area contributed by atoms with Crippen LogP contribution in [0.5, 0.6) is 0 Å². The fourth-order valence-corrected chi connectivity index (χ4v) is 2.22. The Labute approximate surface area is 76.2 Å². The van der Waals surface area contributed by atoms with Crippen LogP contribution in [-0.4, -0.2) is 25.2 Å². The van der Waals surface area contributed by atoms with Gasteiger partial charge in [0.2, 0.25) is 0 Å². The van der Waals surface area contributed by atoms with Crippen LogP contribution in [0.1, 0.15) is 13.8 Å². The molecule has 2 fully saturated rings. The Morgan fingerprint density at radius 2 is 2.46 bits per heavy atom. The third-order valence-corrected chi connectivity index (χ3v) is 3.14. The first kappa shape index (κ1) is 8.53. The summed E-state index contributed by atoms with van der Waals surface area (Å²) in [5.74, 6) is -0.662. The van der Waals surface area contributed by atoms with Gasteiger partial charge in [-0.05, 0) is 12.8 Å². The van der Waals surface area contributed by atoms with Gasteiger partial charge in [0, 0.05) is 5.92 Å². The van der Waals surface area contributed by atoms with Gasteiger partial charge in [-0.3, -0.25) is 9.59 Å². The van der Waals surface area contributed by atoms with E-state index in [1.54, 1.807) is 6.92 Å². The number of esters is 2. The molecule has 1 aliphatic heterocycles. The maximum Gasteiger partial charge on any atom is 0.324 e. The lowest BCUT2D eigenvalue weighted by Gasteiger charge is -2.09. The molecule has 0 amide bonds. The fourth-order valence-electron chi connectivity index (χ4n) is 2.22. The molecular weight excluding hydrogens is 172 g/mol. The van der Waals surface area contributed by atoms with E-state index in [0.29, 0.717) is 13.2 Å². The third-order valence-electron chi connectivity index (χ3n) is 3.14. The van der Waals surface area contributed by atoms with E-state index in [9.17, 15) is 9.59 Å². The molecule has 0 N–H and O–H groups in total. The Hall–Kier alpha value is -1.06. The molecule has 3 atom stereocenters. The molecule has 0 aromatic carbocycles. The highest BCUT2D eigenvalue weighted by Gasteiger charge is 2.78. The predicted octanol–water partition coefficient (Wildman–Crippen LogP) is 0.359. The van der Waals surface area contributed by atoms with Crippen molar-refractivity contribution in [1.82, 2.24) is 0 Å². The number of fused-ring (bicyclic) bond motifs is 1. The quantitative estimate of drug-likeness (QED) is 0.459. The van der Waals surface area contributed by atoms with Crippen LogP contribution in [0.4, 0.5) is 0 Å². The summed E-state index contributed by atoms with van der Waals surface area (Å²) < 4.78 is 9.69. The number of carbonyl (C=O) groups excluding carboxylic acids is 2. The number of carbonyl (C=O) groups is 2. The molecule has 0 spiro atoms. The molecule has 2 aliphatic rings. The van der Waals surface area contributed by atoms with Crippen LogP contribution in [0.25, 0.3) is 0 Å². The van der Waals surface area contributed by atoms with Crippen molar-refractivity contribution in [1.29, 1.82) is 0 Å². The molecule has 0 unspecified atom stereocenters. The van der Waals surface area contributed by atoms with Crippen molar-refractivity contribution >= 4 is 11.9 Å². The molecule has 1 saturated heterocycles. The van der Waals surface area contributed by atoms with Crippen LogP contribution in [0.3, 0.4) is 0 Å². The summed E-state index contributed by atoms with van der Waals surface area (Å²) in [7, 11) is 0. The van der Waals surface area contributed by atoms with Crippen LogP contribution in [0, 0.1) is 17.3 Å². The van der Waals surface area contributed by atoms with Gasteiger partial charge >= 0.3 is 11.9 Å². The Bertz CT molecular complexity index is 273. The van der Waals surface area contributed by atoms with Crippen LogP contribution in [0.15, 0.2) is 0 Å². The van der Waals surface area contributed by atoms with Gasteiger partial charge in [-0.15, -0.1) is 0 Å². The maximum atomic E-state index is 11.5. The van der Waals surface area contributed by atoms with Crippen LogP contribution in [0.2, 0.25) is 0 Å². The lowest BCUT2D eigenvalue weighted by Crippen LogP contribution is -2.28. The second-order valence-electron chi connectivity index (χ2n) is 3.58. The fraction of sp³-hybridized carbons (Fsp3) is 0.778. The van der Waals surface area contributed by atoms with Crippen molar-refractivity contribution in [2.75, 3.05) is 13.2 Å². The van der Waals surface area contributed by atoms with Crippen molar-refractivity contribution in [2.45, 2.75) is 13.8 Å². The van der Waals surface area contributed by atoms with Gasteiger partial charge in [0.25, 0.3) is 0 Å². The first-order valence-electron chi connectivity index (χ1n) is 4.50. The number of rotatable bonds is 2. The average molecular weight is 184 g/mol. The summed E-state index contributed by atoms with van der Waals surface area (Å²) in [5, 5.41) is 0. The molecule has 1 aliphatic carbocycles. The molecular formula is C9H12O4. The SMILES string of the molecule is CCOC(=O)[C@]12C(=O)OC[C@H]1[C@H]2C. The first-order chi connectivity index (χ1) is 6.15. The van der Waals surface area contributed by atoms with Gasteiger partial charge in [0.15, 0.2) is 5.41 Å². The minimum Gasteiger partial charge on any atom is -0.465 e. The number of ether oxygens (including phenoxy) is 2. The van der Waals surface area contributed by atoms with Crippen molar-refractivity contribution in [3.8, 4) is 0 Å². The Kier molecular flexibility index (Phi) is 1.62. The molecule has 13 heavy (non-hydrogen) atoms. The van der Waals surface area contributed by atoms with Crippen LogP contribution in [-0.2, 0) is 19.1 Å². The molecule has 0 aromatic rings. The number of hydrogen-bond donors (Lipinski definition) is 0. The Morgan fingerprint density at radius 1 is 1.77 bits per heavy atom. The predicted molar refractivity (Wildman–Crippen MR) is 42.7 cm³/mol. The summed E-state index contributed by atoms with van der Waals surface area (Å²) in [6.07, 6.45) is 0. The summed E-state index contributed by atoms with van der Waals surface area (Å²) in [6, 6.07) is 0. The second kappa shape index (κ2) is 2.47. The largest absolute Gasteiger partial charge is 0.465 e. The Morgan fingerprint density at radius 3 is 2.92 bits per heavy atom. The molecule has 0 aromatic heterocycles. The standard InChI is InChI=1S/C9H12O4/c1-3-12-7(10)9-5(2)6(9)4-13-8(9)11/h5-6H,3-4H2,1-2H3/t5-,6+,9-/m1/s1. The zero-order valence-corrected chi connectivity index (χ0v) is 7.70. The third kappa shape index (κ3) is 0.806. The molecule has 1 heterocycles. The van der Waals surface area contributed by atoms with Gasteiger partial charge in [-0.25, -0.2) is 0 Å². The van der Waals surface area contributed by atoms with Crippen molar-refractivity contribution in [3.05, 3.63) is 0 Å². The van der Waals surface area contributed by atoms with Crippen molar-refractivity contribution in [3.63, 3.8) is 0 Å². The number of hydrogen-bond acceptors (Lipinski definition) is 4. The van der Waals surface area contributed by atoms with E-state index >= 15 is 0 Å². The Balaban J connectivity index is 2.20. The molecule has 4 heteroatoms. The van der Waals surface area contributed by atoms with E-state index in [2.05, 4.69) is 0 Å². The van der Waals surface area contributed by atoms with Crippen LogP contribution < -0.4 is 0 Å².